The van der Waals surface area contributed by atoms with E-state index in [1.807, 2.05) is 29.2 Å². The Morgan fingerprint density at radius 3 is 2.81 bits per heavy atom. The van der Waals surface area contributed by atoms with Crippen molar-refractivity contribution < 1.29 is 4.79 Å². The fourth-order valence-electron chi connectivity index (χ4n) is 4.13. The van der Waals surface area contributed by atoms with Crippen molar-refractivity contribution in [2.24, 2.45) is 5.92 Å². The van der Waals surface area contributed by atoms with Gasteiger partial charge in [-0.2, -0.15) is 0 Å². The molecule has 2 saturated heterocycles. The maximum absolute atomic E-state index is 12.8. The quantitative estimate of drug-likeness (QED) is 0.872. The molecule has 2 fully saturated rings. The Morgan fingerprint density at radius 2 is 2.04 bits per heavy atom. The molecule has 1 aromatic heterocycles. The lowest BCUT2D eigenvalue weighted by atomic mass is 9.81. The summed E-state index contributed by atoms with van der Waals surface area (Å²) in [6.07, 6.45) is 3.82. The summed E-state index contributed by atoms with van der Waals surface area (Å²) in [5.74, 6) is 0.818. The SMILES string of the molecule is O=C(c1ccccn1)N1CCCC(C2NNCC2c2ccc(Cl)cc2)C1. The number of halogens is 1. The number of hydrazine groups is 1. The van der Waals surface area contributed by atoms with Crippen molar-refractivity contribution in [3.05, 3.63) is 64.9 Å². The lowest BCUT2D eigenvalue weighted by Gasteiger charge is -2.37. The number of benzene rings is 1. The number of likely N-dealkylation sites (tertiary alicyclic amines) is 1. The van der Waals surface area contributed by atoms with Crippen molar-refractivity contribution >= 4 is 17.5 Å². The van der Waals surface area contributed by atoms with Crippen LogP contribution in [0.4, 0.5) is 0 Å². The summed E-state index contributed by atoms with van der Waals surface area (Å²) in [6.45, 7) is 2.45. The highest BCUT2D eigenvalue weighted by Crippen LogP contribution is 2.32. The Morgan fingerprint density at radius 1 is 1.19 bits per heavy atom. The average Bonchev–Trinajstić information content (AvgIpc) is 3.19. The van der Waals surface area contributed by atoms with Crippen LogP contribution in [0.3, 0.4) is 0 Å². The van der Waals surface area contributed by atoms with Crippen molar-refractivity contribution in [3.8, 4) is 0 Å². The van der Waals surface area contributed by atoms with Gasteiger partial charge in [-0.05, 0) is 48.6 Å². The first-order chi connectivity index (χ1) is 12.7. The number of nitrogens with zero attached hydrogens (tertiary/aromatic N) is 2. The molecule has 0 radical (unpaired) electrons. The molecule has 2 aliphatic rings. The lowest BCUT2D eigenvalue weighted by Crippen LogP contribution is -2.48. The van der Waals surface area contributed by atoms with Crippen LogP contribution in [0, 0.1) is 5.92 Å². The Hall–Kier alpha value is -1.95. The third-order valence-electron chi connectivity index (χ3n) is 5.46. The van der Waals surface area contributed by atoms with Crippen molar-refractivity contribution in [1.82, 2.24) is 20.7 Å². The van der Waals surface area contributed by atoms with Crippen molar-refractivity contribution in [2.45, 2.75) is 24.8 Å². The fraction of sp³-hybridized carbons (Fsp3) is 0.400. The van der Waals surface area contributed by atoms with Gasteiger partial charge >= 0.3 is 0 Å². The second-order valence-electron chi connectivity index (χ2n) is 7.08. The summed E-state index contributed by atoms with van der Waals surface area (Å²) in [5, 5.41) is 0.758. The zero-order valence-corrected chi connectivity index (χ0v) is 15.3. The van der Waals surface area contributed by atoms with Crippen LogP contribution >= 0.6 is 11.6 Å². The van der Waals surface area contributed by atoms with Crippen molar-refractivity contribution in [2.75, 3.05) is 19.6 Å². The monoisotopic (exact) mass is 370 g/mol. The van der Waals surface area contributed by atoms with E-state index in [1.54, 1.807) is 12.3 Å². The molecule has 3 heterocycles. The molecular weight excluding hydrogens is 348 g/mol. The second-order valence-corrected chi connectivity index (χ2v) is 7.51. The van der Waals surface area contributed by atoms with E-state index in [4.69, 9.17) is 11.6 Å². The largest absolute Gasteiger partial charge is 0.337 e. The predicted octanol–water partition coefficient (Wildman–Crippen LogP) is 2.85. The maximum atomic E-state index is 12.8. The first kappa shape index (κ1) is 17.5. The van der Waals surface area contributed by atoms with Crippen LogP contribution in [0.5, 0.6) is 0 Å². The van der Waals surface area contributed by atoms with Crippen LogP contribution in [-0.4, -0.2) is 41.5 Å². The number of carbonyl (C=O) groups excluding carboxylic acids is 1. The topological polar surface area (TPSA) is 57.3 Å². The minimum absolute atomic E-state index is 0.0318. The van der Waals surface area contributed by atoms with E-state index >= 15 is 0 Å². The number of piperidine rings is 1. The normalized spacial score (nSPS) is 26.0. The standard InChI is InChI=1S/C20H23ClN4O/c21-16-8-6-14(7-9-16)17-12-23-24-19(17)15-4-3-11-25(13-15)20(26)18-5-1-2-10-22-18/h1-2,5-10,15,17,19,23-24H,3-4,11-13H2. The van der Waals surface area contributed by atoms with Crippen LogP contribution in [0.25, 0.3) is 0 Å². The number of pyridine rings is 1. The first-order valence-corrected chi connectivity index (χ1v) is 9.54. The number of amides is 1. The molecule has 0 bridgehead atoms. The Kier molecular flexibility index (Phi) is 5.20. The highest BCUT2D eigenvalue weighted by Gasteiger charge is 2.37. The van der Waals surface area contributed by atoms with Gasteiger partial charge in [0, 0.05) is 42.8 Å². The molecule has 3 atom stereocenters. The number of rotatable bonds is 3. The van der Waals surface area contributed by atoms with Gasteiger partial charge < -0.3 is 4.90 Å². The average molecular weight is 371 g/mol. The van der Waals surface area contributed by atoms with Crippen LogP contribution in [0.2, 0.25) is 5.02 Å². The number of carbonyl (C=O) groups is 1. The number of hydrogen-bond donors (Lipinski definition) is 2. The lowest BCUT2D eigenvalue weighted by molar-refractivity contribution is 0.0638. The predicted molar refractivity (Wildman–Crippen MR) is 102 cm³/mol. The fourth-order valence-corrected chi connectivity index (χ4v) is 4.26. The zero-order chi connectivity index (χ0) is 17.9. The second kappa shape index (κ2) is 7.74. The molecule has 0 saturated carbocycles. The highest BCUT2D eigenvalue weighted by molar-refractivity contribution is 6.30. The van der Waals surface area contributed by atoms with Crippen LogP contribution < -0.4 is 10.9 Å². The third-order valence-corrected chi connectivity index (χ3v) is 5.71. The van der Waals surface area contributed by atoms with Gasteiger partial charge in [0.25, 0.3) is 5.91 Å². The van der Waals surface area contributed by atoms with Crippen molar-refractivity contribution in [3.63, 3.8) is 0 Å². The van der Waals surface area contributed by atoms with Gasteiger partial charge in [-0.3, -0.25) is 20.6 Å². The van der Waals surface area contributed by atoms with Crippen molar-refractivity contribution in [1.29, 1.82) is 0 Å². The molecule has 5 nitrogen and oxygen atoms in total. The summed E-state index contributed by atoms with van der Waals surface area (Å²) < 4.78 is 0. The Balaban J connectivity index is 1.48. The summed E-state index contributed by atoms with van der Waals surface area (Å²) in [5.41, 5.74) is 8.57. The minimum atomic E-state index is 0.0318. The molecule has 0 spiro atoms. The summed E-state index contributed by atoms with van der Waals surface area (Å²) in [7, 11) is 0. The maximum Gasteiger partial charge on any atom is 0.272 e. The highest BCUT2D eigenvalue weighted by atomic mass is 35.5. The number of nitrogens with one attached hydrogen (secondary N) is 2. The molecule has 2 aliphatic heterocycles. The molecule has 2 N–H and O–H groups in total. The molecule has 4 rings (SSSR count). The molecule has 1 amide bonds. The van der Waals surface area contributed by atoms with Gasteiger partial charge in [0.05, 0.1) is 0 Å². The molecule has 26 heavy (non-hydrogen) atoms. The van der Waals surface area contributed by atoms with Crippen LogP contribution in [0.15, 0.2) is 48.7 Å². The molecular formula is C20H23ClN4O. The third kappa shape index (κ3) is 3.61. The van der Waals surface area contributed by atoms with Gasteiger partial charge in [-0.1, -0.05) is 29.8 Å². The summed E-state index contributed by atoms with van der Waals surface area (Å²) >= 11 is 6.03. The van der Waals surface area contributed by atoms with Gasteiger partial charge in [-0.15, -0.1) is 0 Å². The minimum Gasteiger partial charge on any atom is -0.337 e. The van der Waals surface area contributed by atoms with Gasteiger partial charge in [0.2, 0.25) is 0 Å². The molecule has 3 unspecified atom stereocenters. The van der Waals surface area contributed by atoms with Gasteiger partial charge in [0.1, 0.15) is 5.69 Å². The summed E-state index contributed by atoms with van der Waals surface area (Å²) in [4.78, 5) is 18.9. The van der Waals surface area contributed by atoms with E-state index in [9.17, 15) is 4.79 Å². The van der Waals surface area contributed by atoms with Gasteiger partial charge in [-0.25, -0.2) is 0 Å². The van der Waals surface area contributed by atoms with Crippen LogP contribution in [0.1, 0.15) is 34.8 Å². The molecule has 1 aromatic carbocycles. The van der Waals surface area contributed by atoms with E-state index in [1.165, 1.54) is 5.56 Å². The van der Waals surface area contributed by atoms with Gasteiger partial charge in [0.15, 0.2) is 0 Å². The Bertz CT molecular complexity index is 752. The number of aromatic nitrogens is 1. The molecule has 2 aromatic rings. The van der Waals surface area contributed by atoms with E-state index in [-0.39, 0.29) is 5.91 Å². The molecule has 6 heteroatoms. The molecule has 0 aliphatic carbocycles. The first-order valence-electron chi connectivity index (χ1n) is 9.16. The summed E-state index contributed by atoms with van der Waals surface area (Å²) in [6, 6.07) is 13.9. The van der Waals surface area contributed by atoms with E-state index in [2.05, 4.69) is 28.0 Å². The smallest absolute Gasteiger partial charge is 0.272 e. The zero-order valence-electron chi connectivity index (χ0n) is 14.6. The van der Waals surface area contributed by atoms with Crippen LogP contribution in [-0.2, 0) is 0 Å². The molecule has 136 valence electrons. The Labute approximate surface area is 158 Å². The number of hydrogen-bond acceptors (Lipinski definition) is 4. The van der Waals surface area contributed by atoms with E-state index in [0.29, 0.717) is 23.6 Å². The van der Waals surface area contributed by atoms with E-state index in [0.717, 1.165) is 37.5 Å². The van der Waals surface area contributed by atoms with E-state index < -0.39 is 0 Å².